The maximum Gasteiger partial charge on any atom is 0.386 e. The lowest BCUT2D eigenvalue weighted by atomic mass is 10.2. The van der Waals surface area contributed by atoms with Crippen molar-refractivity contribution in [3.8, 4) is 0 Å². The van der Waals surface area contributed by atoms with Gasteiger partial charge >= 0.3 is 19.3 Å². The number of nitrogens with zero attached hydrogens (tertiary/aromatic N) is 6. The normalized spacial score (nSPS) is 26.8. The minimum Gasteiger partial charge on any atom is -0.369 e. The van der Waals surface area contributed by atoms with E-state index < -0.39 is 68.0 Å². The maximum absolute atomic E-state index is 13.4. The second-order valence-corrected chi connectivity index (χ2v) is 15.4. The largest absolute Gasteiger partial charge is 0.386 e. The van der Waals surface area contributed by atoms with Crippen molar-refractivity contribution < 1.29 is 41.9 Å². The Labute approximate surface area is 256 Å². The van der Waals surface area contributed by atoms with Gasteiger partial charge in [-0.1, -0.05) is 24.5 Å². The van der Waals surface area contributed by atoms with Crippen LogP contribution in [0.4, 0.5) is 5.95 Å². The molecule has 0 saturated carbocycles. The number of aromatic nitrogens is 7. The number of nitrogens with two attached hydrogens (primary N) is 1. The Balaban J connectivity index is 1.16. The molecule has 0 aliphatic carbocycles. The van der Waals surface area contributed by atoms with Crippen LogP contribution < -0.4 is 17.0 Å². The molecule has 6 heterocycles. The third kappa shape index (κ3) is 6.43. The minimum absolute atomic E-state index is 0.0244. The van der Waals surface area contributed by atoms with Gasteiger partial charge in [0.25, 0.3) is 5.56 Å². The fourth-order valence-corrected chi connectivity index (χ4v) is 6.99. The van der Waals surface area contributed by atoms with E-state index in [1.165, 1.54) is 33.9 Å². The number of ether oxygens (including phenoxy) is 2. The van der Waals surface area contributed by atoms with E-state index in [2.05, 4.69) is 44.4 Å². The van der Waals surface area contributed by atoms with Gasteiger partial charge in [-0.15, -0.1) is 0 Å². The van der Waals surface area contributed by atoms with Crippen molar-refractivity contribution in [1.82, 2.24) is 33.5 Å². The SMILES string of the molecule is Nc1nc2c(ncn2[C@@H]2O[C@H](CO[P@@](=O)(O)S)CC2OP(=O)(S)OC[C@@H]2CC(=O)[C@H](n3ccc4nccn4c3=O)O2)c(=O)[nH]1. The van der Waals surface area contributed by atoms with E-state index in [9.17, 15) is 28.4 Å². The summed E-state index contributed by atoms with van der Waals surface area (Å²) in [5.74, 6) is -0.600. The molecule has 6 rings (SSSR count). The summed E-state index contributed by atoms with van der Waals surface area (Å²) < 4.78 is 56.3. The number of aromatic amines is 1. The summed E-state index contributed by atoms with van der Waals surface area (Å²) in [6.07, 6.45) is 0.127. The number of anilines is 1. The molecule has 23 heteroatoms. The summed E-state index contributed by atoms with van der Waals surface area (Å²) in [6, 6.07) is 1.55. The van der Waals surface area contributed by atoms with Crippen molar-refractivity contribution in [2.24, 2.45) is 0 Å². The van der Waals surface area contributed by atoms with E-state index in [0.29, 0.717) is 5.65 Å². The van der Waals surface area contributed by atoms with Gasteiger partial charge in [0.15, 0.2) is 29.4 Å². The van der Waals surface area contributed by atoms with Gasteiger partial charge in [-0.2, -0.15) is 4.98 Å². The third-order valence-corrected chi connectivity index (χ3v) is 9.22. The van der Waals surface area contributed by atoms with Crippen molar-refractivity contribution in [2.75, 3.05) is 18.9 Å². The van der Waals surface area contributed by atoms with E-state index in [0.717, 1.165) is 4.57 Å². The minimum atomic E-state index is -4.20. The zero-order chi connectivity index (χ0) is 31.4. The van der Waals surface area contributed by atoms with Crippen molar-refractivity contribution in [3.05, 3.63) is 51.8 Å². The first kappa shape index (κ1) is 31.2. The second-order valence-electron chi connectivity index (χ2n) is 9.80. The fourth-order valence-electron chi connectivity index (χ4n) is 4.92. The molecule has 0 bridgehead atoms. The lowest BCUT2D eigenvalue weighted by molar-refractivity contribution is -0.127. The molecule has 2 unspecified atom stereocenters. The summed E-state index contributed by atoms with van der Waals surface area (Å²) in [7, 11) is 0. The van der Waals surface area contributed by atoms with Crippen LogP contribution in [0.3, 0.4) is 0 Å². The van der Waals surface area contributed by atoms with Gasteiger partial charge in [0.2, 0.25) is 5.95 Å². The van der Waals surface area contributed by atoms with Gasteiger partial charge in [-0.25, -0.2) is 23.9 Å². The Morgan fingerprint density at radius 3 is 2.64 bits per heavy atom. The molecule has 4 N–H and O–H groups in total. The number of thiol groups is 2. The third-order valence-electron chi connectivity index (χ3n) is 6.75. The monoisotopic (exact) mass is 690 g/mol. The highest BCUT2D eigenvalue weighted by molar-refractivity contribution is 8.44. The average Bonchev–Trinajstić information content (AvgIpc) is 3.72. The number of carbonyl (C=O) groups is 1. The van der Waals surface area contributed by atoms with Gasteiger partial charge in [0.05, 0.1) is 31.7 Å². The van der Waals surface area contributed by atoms with Crippen molar-refractivity contribution in [1.29, 1.82) is 0 Å². The highest BCUT2D eigenvalue weighted by atomic mass is 32.7. The first-order chi connectivity index (χ1) is 20.8. The van der Waals surface area contributed by atoms with Crippen LogP contribution >= 0.6 is 38.1 Å². The Bertz CT molecular complexity index is 1960. The molecule has 2 aliphatic heterocycles. The molecule has 4 aromatic heterocycles. The van der Waals surface area contributed by atoms with Crippen molar-refractivity contribution in [2.45, 2.75) is 43.6 Å². The number of nitrogen functional groups attached to an aromatic ring is 1. The van der Waals surface area contributed by atoms with E-state index >= 15 is 0 Å². The zero-order valence-electron chi connectivity index (χ0n) is 22.2. The molecule has 4 aromatic rings. The lowest BCUT2D eigenvalue weighted by Gasteiger charge is -2.24. The Morgan fingerprint density at radius 1 is 1.09 bits per heavy atom. The molecule has 2 fully saturated rings. The number of ketones is 1. The molecule has 236 valence electrons. The van der Waals surface area contributed by atoms with Gasteiger partial charge in [0, 0.05) is 31.4 Å². The summed E-state index contributed by atoms with van der Waals surface area (Å²) in [5, 5.41) is 0. The van der Waals surface area contributed by atoms with Crippen molar-refractivity contribution in [3.63, 3.8) is 0 Å². The second kappa shape index (κ2) is 11.8. The smallest absolute Gasteiger partial charge is 0.369 e. The number of imidazole rings is 2. The number of hydrogen-bond acceptors (Lipinski definition) is 14. The quantitative estimate of drug-likeness (QED) is 0.114. The van der Waals surface area contributed by atoms with E-state index in [1.807, 2.05) is 0 Å². The molecule has 2 aliphatic rings. The molecule has 44 heavy (non-hydrogen) atoms. The van der Waals surface area contributed by atoms with Crippen LogP contribution in [0.15, 0.2) is 40.6 Å². The number of hydrogen-bond donors (Lipinski definition) is 5. The highest BCUT2D eigenvalue weighted by Crippen LogP contribution is 2.57. The number of nitrogens with one attached hydrogen (secondary N) is 1. The number of fused-ring (bicyclic) bond motifs is 2. The Hall–Kier alpha value is -2.84. The fraction of sp³-hybridized carbons (Fsp3) is 0.429. The van der Waals surface area contributed by atoms with Gasteiger partial charge in [-0.05, 0) is 6.07 Å². The van der Waals surface area contributed by atoms with Gasteiger partial charge in [0.1, 0.15) is 11.8 Å². The van der Waals surface area contributed by atoms with Gasteiger partial charge < -0.3 is 20.1 Å². The molecule has 0 radical (unpaired) electrons. The van der Waals surface area contributed by atoms with E-state index in [4.69, 9.17) is 28.8 Å². The molecule has 2 saturated heterocycles. The summed E-state index contributed by atoms with van der Waals surface area (Å²) >= 11 is 7.56. The number of rotatable bonds is 10. The molecular formula is C21H24N8O11P2S2. The molecule has 7 atom stereocenters. The maximum atomic E-state index is 13.4. The number of carbonyl (C=O) groups excluding carboxylic acids is 1. The first-order valence-electron chi connectivity index (χ1n) is 12.7. The van der Waals surface area contributed by atoms with Crippen LogP contribution in [0.1, 0.15) is 25.3 Å². The van der Waals surface area contributed by atoms with Crippen LogP contribution in [0.5, 0.6) is 0 Å². The average molecular weight is 691 g/mol. The van der Waals surface area contributed by atoms with Crippen LogP contribution in [0, 0.1) is 0 Å². The number of H-pyrrole nitrogens is 1. The predicted molar refractivity (Wildman–Crippen MR) is 156 cm³/mol. The molecular weight excluding hydrogens is 666 g/mol. The molecule has 0 amide bonds. The topological polar surface area (TPSA) is 246 Å². The van der Waals surface area contributed by atoms with Gasteiger partial charge in [-0.3, -0.25) is 41.7 Å². The van der Waals surface area contributed by atoms with Crippen LogP contribution in [-0.2, 0) is 37.0 Å². The van der Waals surface area contributed by atoms with Crippen LogP contribution in [0.2, 0.25) is 0 Å². The van der Waals surface area contributed by atoms with Crippen LogP contribution in [0.25, 0.3) is 16.8 Å². The van der Waals surface area contributed by atoms with E-state index in [-0.39, 0.29) is 36.6 Å². The first-order valence-corrected chi connectivity index (χ1v) is 18.2. The van der Waals surface area contributed by atoms with Crippen molar-refractivity contribution >= 4 is 66.6 Å². The van der Waals surface area contributed by atoms with E-state index in [1.54, 1.807) is 6.07 Å². The standard InChI is InChI=1S/C21H24N8O11P2S2/c22-20-25-16-15(17(31)26-20)24-9-29(16)19-13(6-11(39-19)7-36-41(33,34)43)40-42(35,44)37-8-10-5-12(30)18(38-10)28-3-1-14-23-2-4-27(14)21(28)32/h1-4,9-11,13,18-19H,5-8H2,(H,35,44)(H2,33,34,43)(H3,22,25,26,31)/t10-,11-,13?,18+,19+,42?/m0/s1. The summed E-state index contributed by atoms with van der Waals surface area (Å²) in [4.78, 5) is 61.6. The predicted octanol–water partition coefficient (Wildman–Crippen LogP) is 0.842. The van der Waals surface area contributed by atoms with Crippen LogP contribution in [-0.4, -0.2) is 75.7 Å². The highest BCUT2D eigenvalue weighted by Gasteiger charge is 2.44. The summed E-state index contributed by atoms with van der Waals surface area (Å²) in [6.45, 7) is -9.14. The molecule has 0 aromatic carbocycles. The zero-order valence-corrected chi connectivity index (χ0v) is 25.8. The summed E-state index contributed by atoms with van der Waals surface area (Å²) in [5.41, 5.74) is 4.91. The number of Topliss-reactive ketones (excluding diaryl/α,β-unsaturated/α-hetero) is 1. The Morgan fingerprint density at radius 2 is 1.86 bits per heavy atom. The Kier molecular flexibility index (Phi) is 8.37. The molecule has 0 spiro atoms. The molecule has 19 nitrogen and oxygen atoms in total. The lowest BCUT2D eigenvalue weighted by Crippen LogP contribution is -2.31.